The Kier molecular flexibility index (Phi) is 6.06. The first-order valence-electron chi connectivity index (χ1n) is 8.49. The lowest BCUT2D eigenvalue weighted by Crippen LogP contribution is -2.55. The fourth-order valence-corrected chi connectivity index (χ4v) is 4.48. The van der Waals surface area contributed by atoms with Crippen molar-refractivity contribution in [1.82, 2.24) is 29.8 Å². The number of nitrogens with zero attached hydrogens (tertiary/aromatic N) is 6. The summed E-state index contributed by atoms with van der Waals surface area (Å²) in [5.41, 5.74) is -0.812. The molecular weight excluding hydrogens is 443 g/mol. The van der Waals surface area contributed by atoms with Gasteiger partial charge in [-0.2, -0.15) is 5.10 Å². The lowest BCUT2D eigenvalue weighted by molar-refractivity contribution is -0.178. The number of rotatable bonds is 5. The van der Waals surface area contributed by atoms with Gasteiger partial charge in [-0.05, 0) is 12.1 Å². The van der Waals surface area contributed by atoms with Crippen LogP contribution < -0.4 is 0 Å². The Balaban J connectivity index is 1.61. The topological polar surface area (TPSA) is 131 Å². The van der Waals surface area contributed by atoms with Gasteiger partial charge >= 0.3 is 0 Å². The molecule has 0 bridgehead atoms. The summed E-state index contributed by atoms with van der Waals surface area (Å²) in [7, 11) is 0. The van der Waals surface area contributed by atoms with E-state index >= 15 is 0 Å². The molecule has 1 fully saturated rings. The summed E-state index contributed by atoms with van der Waals surface area (Å²) in [5, 5.41) is 44.0. The number of pyridine rings is 1. The molecular formula is C16H16Cl2N6O4S. The summed E-state index contributed by atoms with van der Waals surface area (Å²) < 4.78 is 8.44. The number of aliphatic hydroxyl groups is 3. The highest BCUT2D eigenvalue weighted by atomic mass is 35.5. The Morgan fingerprint density at radius 1 is 1.21 bits per heavy atom. The van der Waals surface area contributed by atoms with Gasteiger partial charge in [0.05, 0.1) is 17.8 Å². The number of hydrogen-bond donors (Lipinski definition) is 3. The molecule has 154 valence electrons. The molecule has 3 N–H and O–H groups in total. The molecule has 1 aliphatic heterocycles. The molecule has 1 aliphatic rings. The minimum Gasteiger partial charge on any atom is -0.394 e. The number of aromatic nitrogens is 6. The van der Waals surface area contributed by atoms with Crippen LogP contribution in [-0.4, -0.2) is 75.4 Å². The lowest BCUT2D eigenvalue weighted by atomic mass is 9.97. The van der Waals surface area contributed by atoms with Crippen molar-refractivity contribution in [2.24, 2.45) is 0 Å². The Morgan fingerprint density at radius 2 is 2.03 bits per heavy atom. The van der Waals surface area contributed by atoms with E-state index in [1.807, 2.05) is 0 Å². The summed E-state index contributed by atoms with van der Waals surface area (Å²) in [6, 6.07) is 2.35. The van der Waals surface area contributed by atoms with E-state index in [1.54, 1.807) is 24.5 Å². The monoisotopic (exact) mass is 458 g/mol. The van der Waals surface area contributed by atoms with Crippen molar-refractivity contribution >= 4 is 35.0 Å². The molecule has 0 spiro atoms. The van der Waals surface area contributed by atoms with Crippen LogP contribution in [0.25, 0.3) is 5.82 Å². The molecule has 1 saturated heterocycles. The largest absolute Gasteiger partial charge is 0.394 e. The van der Waals surface area contributed by atoms with Gasteiger partial charge in [0.25, 0.3) is 0 Å². The zero-order valence-corrected chi connectivity index (χ0v) is 17.0. The van der Waals surface area contributed by atoms with Crippen molar-refractivity contribution in [3.05, 3.63) is 47.1 Å². The fourth-order valence-electron chi connectivity index (χ4n) is 3.02. The van der Waals surface area contributed by atoms with E-state index in [0.717, 1.165) is 0 Å². The Bertz CT molecular complexity index is 988. The first-order valence-corrected chi connectivity index (χ1v) is 10.1. The summed E-state index contributed by atoms with van der Waals surface area (Å²) in [4.78, 5) is 4.67. The molecule has 3 aromatic rings. The van der Waals surface area contributed by atoms with Gasteiger partial charge in [0.2, 0.25) is 0 Å². The van der Waals surface area contributed by atoms with Gasteiger partial charge in [0.1, 0.15) is 29.8 Å². The summed E-state index contributed by atoms with van der Waals surface area (Å²) in [6.07, 6.45) is 2.87. The van der Waals surface area contributed by atoms with Gasteiger partial charge in [-0.3, -0.25) is 4.98 Å². The highest BCUT2D eigenvalue weighted by Crippen LogP contribution is 2.38. The number of ether oxygens (including phenoxy) is 1. The maximum Gasteiger partial charge on any atom is 0.195 e. The fraction of sp³-hybridized carbons (Fsp3) is 0.375. The smallest absolute Gasteiger partial charge is 0.195 e. The van der Waals surface area contributed by atoms with Crippen LogP contribution in [0.1, 0.15) is 6.04 Å². The number of hydrogen-bond acceptors (Lipinski definition) is 9. The minimum atomic E-state index is -1.22. The molecule has 4 heterocycles. The van der Waals surface area contributed by atoms with Crippen molar-refractivity contribution in [3.63, 3.8) is 0 Å². The highest BCUT2D eigenvalue weighted by Gasteiger charge is 2.46. The van der Waals surface area contributed by atoms with Crippen LogP contribution in [0.2, 0.25) is 10.2 Å². The van der Waals surface area contributed by atoms with Crippen molar-refractivity contribution in [3.8, 4) is 5.82 Å². The van der Waals surface area contributed by atoms with Crippen molar-refractivity contribution in [2.75, 3.05) is 6.61 Å². The molecule has 0 radical (unpaired) electrons. The van der Waals surface area contributed by atoms with Crippen LogP contribution in [-0.2, 0) is 4.74 Å². The molecule has 29 heavy (non-hydrogen) atoms. The molecule has 4 rings (SSSR count). The van der Waals surface area contributed by atoms with E-state index < -0.39 is 36.4 Å². The molecule has 5 atom stereocenters. The second kappa shape index (κ2) is 8.56. The molecule has 0 amide bonds. The summed E-state index contributed by atoms with van der Waals surface area (Å²) >= 11 is 13.0. The minimum absolute atomic E-state index is 0.289. The normalized spacial score (nSPS) is 27.3. The third kappa shape index (κ3) is 4.26. The molecule has 0 saturated carbocycles. The van der Waals surface area contributed by atoms with Gasteiger partial charge < -0.3 is 20.1 Å². The SMILES string of the molecule is OCC1O[C@H](Sc2cncc(Cl)c2)C(O)[C@@H](n2cc(-n3ccc(Cl)n3)nn2)[C@H]1O. The van der Waals surface area contributed by atoms with Crippen LogP contribution in [0.15, 0.2) is 41.8 Å². The van der Waals surface area contributed by atoms with Crippen LogP contribution in [0.5, 0.6) is 0 Å². The van der Waals surface area contributed by atoms with Crippen molar-refractivity contribution < 1.29 is 20.1 Å². The van der Waals surface area contributed by atoms with Crippen molar-refractivity contribution in [2.45, 2.75) is 34.7 Å². The molecule has 0 aromatic carbocycles. The quantitative estimate of drug-likeness (QED) is 0.510. The van der Waals surface area contributed by atoms with E-state index in [9.17, 15) is 15.3 Å². The van der Waals surface area contributed by atoms with E-state index in [1.165, 1.54) is 33.5 Å². The first-order chi connectivity index (χ1) is 14.0. The summed E-state index contributed by atoms with van der Waals surface area (Å²) in [5.74, 6) is 0.353. The molecule has 10 nitrogen and oxygen atoms in total. The zero-order chi connectivity index (χ0) is 20.5. The second-order valence-corrected chi connectivity index (χ2v) is 8.29. The van der Waals surface area contributed by atoms with Gasteiger partial charge in [-0.15, -0.1) is 5.10 Å². The van der Waals surface area contributed by atoms with Crippen LogP contribution in [0.3, 0.4) is 0 Å². The van der Waals surface area contributed by atoms with Crippen LogP contribution >= 0.6 is 35.0 Å². The Hall–Kier alpha value is -1.73. The zero-order valence-electron chi connectivity index (χ0n) is 14.7. The maximum absolute atomic E-state index is 10.9. The molecule has 2 unspecified atom stereocenters. The maximum atomic E-state index is 10.9. The molecule has 0 aliphatic carbocycles. The Morgan fingerprint density at radius 3 is 2.72 bits per heavy atom. The first kappa shape index (κ1) is 20.5. The Labute approximate surface area is 179 Å². The lowest BCUT2D eigenvalue weighted by Gasteiger charge is -2.41. The van der Waals surface area contributed by atoms with Gasteiger partial charge in [0.15, 0.2) is 11.0 Å². The van der Waals surface area contributed by atoms with Crippen molar-refractivity contribution in [1.29, 1.82) is 0 Å². The second-order valence-electron chi connectivity index (χ2n) is 6.29. The van der Waals surface area contributed by atoms with Crippen LogP contribution in [0, 0.1) is 0 Å². The predicted octanol–water partition coefficient (Wildman–Crippen LogP) is 0.938. The third-order valence-electron chi connectivity index (χ3n) is 4.38. The predicted molar refractivity (Wildman–Crippen MR) is 104 cm³/mol. The highest BCUT2D eigenvalue weighted by molar-refractivity contribution is 7.99. The van der Waals surface area contributed by atoms with Crippen LogP contribution in [0.4, 0.5) is 0 Å². The van der Waals surface area contributed by atoms with E-state index in [2.05, 4.69) is 20.4 Å². The van der Waals surface area contributed by atoms with E-state index in [-0.39, 0.29) is 5.15 Å². The third-order valence-corrected chi connectivity index (χ3v) is 5.90. The van der Waals surface area contributed by atoms with E-state index in [0.29, 0.717) is 15.7 Å². The summed E-state index contributed by atoms with van der Waals surface area (Å²) in [6.45, 7) is -0.439. The standard InChI is InChI=1S/C16H16Cl2N6O4S/c17-8-3-9(5-19-4-8)29-16-15(27)13(14(26)10(7-25)28-16)24-6-12(20-22-24)23-2-1-11(18)21-23/h1-6,10,13-16,25-27H,7H2/t10?,13-,14-,15?,16+/m0/s1. The average molecular weight is 459 g/mol. The van der Waals surface area contributed by atoms with E-state index in [4.69, 9.17) is 27.9 Å². The average Bonchev–Trinajstić information content (AvgIpc) is 3.33. The number of halogens is 2. The molecule has 3 aromatic heterocycles. The van der Waals surface area contributed by atoms with Gasteiger partial charge in [-0.25, -0.2) is 9.36 Å². The van der Waals surface area contributed by atoms with Gasteiger partial charge in [-0.1, -0.05) is 40.2 Å². The van der Waals surface area contributed by atoms with Gasteiger partial charge in [0, 0.05) is 23.5 Å². The molecule has 13 heteroatoms. The number of thioether (sulfide) groups is 1. The number of aliphatic hydroxyl groups excluding tert-OH is 3.